The molecule has 140 valence electrons. The third kappa shape index (κ3) is 5.05. The molecular formula is C18H15F2N3O3S. The minimum atomic E-state index is -3.82. The summed E-state index contributed by atoms with van der Waals surface area (Å²) in [5, 5.41) is 7.87. The molecule has 0 saturated heterocycles. The Morgan fingerprint density at radius 1 is 0.926 bits per heavy atom. The molecule has 0 amide bonds. The molecular weight excluding hydrogens is 376 g/mol. The first-order chi connectivity index (χ1) is 12.9. The van der Waals surface area contributed by atoms with Gasteiger partial charge in [-0.15, -0.1) is 10.2 Å². The van der Waals surface area contributed by atoms with Crippen molar-refractivity contribution >= 4 is 10.0 Å². The van der Waals surface area contributed by atoms with Crippen molar-refractivity contribution in [1.82, 2.24) is 14.9 Å². The monoisotopic (exact) mass is 391 g/mol. The molecule has 27 heavy (non-hydrogen) atoms. The maximum atomic E-state index is 13.1. The number of sulfonamides is 1. The highest BCUT2D eigenvalue weighted by Crippen LogP contribution is 2.18. The van der Waals surface area contributed by atoms with Crippen LogP contribution in [-0.2, 0) is 10.0 Å². The zero-order chi connectivity index (χ0) is 19.3. The quantitative estimate of drug-likeness (QED) is 0.627. The Bertz CT molecular complexity index is 1010. The first kappa shape index (κ1) is 18.9. The van der Waals surface area contributed by atoms with Crippen molar-refractivity contribution in [1.29, 1.82) is 0 Å². The van der Waals surface area contributed by atoms with Crippen LogP contribution in [0.2, 0.25) is 0 Å². The molecule has 0 aliphatic heterocycles. The molecule has 0 aliphatic carbocycles. The summed E-state index contributed by atoms with van der Waals surface area (Å²) in [4.78, 5) is -0.161. The van der Waals surface area contributed by atoms with Crippen molar-refractivity contribution in [3.63, 3.8) is 0 Å². The highest BCUT2D eigenvalue weighted by Gasteiger charge is 2.14. The van der Waals surface area contributed by atoms with E-state index in [1.807, 2.05) is 0 Å². The van der Waals surface area contributed by atoms with E-state index in [2.05, 4.69) is 14.9 Å². The van der Waals surface area contributed by atoms with Gasteiger partial charge in [0.25, 0.3) is 0 Å². The Kier molecular flexibility index (Phi) is 5.72. The van der Waals surface area contributed by atoms with E-state index in [4.69, 9.17) is 4.74 Å². The van der Waals surface area contributed by atoms with Gasteiger partial charge in [0.1, 0.15) is 18.2 Å². The van der Waals surface area contributed by atoms with Gasteiger partial charge in [-0.2, -0.15) is 0 Å². The van der Waals surface area contributed by atoms with Gasteiger partial charge < -0.3 is 4.74 Å². The number of nitrogens with one attached hydrogen (secondary N) is 1. The highest BCUT2D eigenvalue weighted by atomic mass is 32.2. The van der Waals surface area contributed by atoms with Gasteiger partial charge in [0, 0.05) is 18.2 Å². The average Bonchev–Trinajstić information content (AvgIpc) is 2.66. The van der Waals surface area contributed by atoms with Crippen LogP contribution < -0.4 is 9.46 Å². The van der Waals surface area contributed by atoms with Crippen molar-refractivity contribution in [2.75, 3.05) is 13.2 Å². The average molecular weight is 391 g/mol. The molecule has 3 rings (SSSR count). The standard InChI is InChI=1S/C18H15F2N3O3S/c19-14-6-4-13(5-7-14)17-8-9-18(23-22-17)26-11-10-21-27(24,25)16-3-1-2-15(20)12-16/h1-9,12,21H,10-11H2. The number of halogens is 2. The zero-order valence-electron chi connectivity index (χ0n) is 14.0. The van der Waals surface area contributed by atoms with Crippen LogP contribution in [0.4, 0.5) is 8.78 Å². The lowest BCUT2D eigenvalue weighted by Gasteiger charge is -2.08. The molecule has 0 unspecified atom stereocenters. The summed E-state index contributed by atoms with van der Waals surface area (Å²) in [5.41, 5.74) is 1.26. The van der Waals surface area contributed by atoms with Gasteiger partial charge in [-0.25, -0.2) is 21.9 Å². The third-order valence-corrected chi connectivity index (χ3v) is 4.99. The summed E-state index contributed by atoms with van der Waals surface area (Å²) in [5.74, 6) is -0.760. The maximum Gasteiger partial charge on any atom is 0.240 e. The lowest BCUT2D eigenvalue weighted by Crippen LogP contribution is -2.28. The second kappa shape index (κ2) is 8.19. The molecule has 1 aromatic heterocycles. The maximum absolute atomic E-state index is 13.1. The van der Waals surface area contributed by atoms with E-state index in [9.17, 15) is 17.2 Å². The molecule has 0 radical (unpaired) electrons. The predicted octanol–water partition coefficient (Wildman–Crippen LogP) is 2.78. The van der Waals surface area contributed by atoms with Gasteiger partial charge in [0.2, 0.25) is 15.9 Å². The molecule has 3 aromatic rings. The smallest absolute Gasteiger partial charge is 0.240 e. The van der Waals surface area contributed by atoms with Crippen LogP contribution in [0.3, 0.4) is 0 Å². The molecule has 1 heterocycles. The largest absolute Gasteiger partial charge is 0.475 e. The summed E-state index contributed by atoms with van der Waals surface area (Å²) < 4.78 is 57.8. The number of nitrogens with zero attached hydrogens (tertiary/aromatic N) is 2. The summed E-state index contributed by atoms with van der Waals surface area (Å²) in [7, 11) is -3.82. The summed E-state index contributed by atoms with van der Waals surface area (Å²) in [6.07, 6.45) is 0. The lowest BCUT2D eigenvalue weighted by atomic mass is 10.1. The SMILES string of the molecule is O=S(=O)(NCCOc1ccc(-c2ccc(F)cc2)nn1)c1cccc(F)c1. The Morgan fingerprint density at radius 3 is 2.37 bits per heavy atom. The number of rotatable bonds is 7. The van der Waals surface area contributed by atoms with Crippen LogP contribution >= 0.6 is 0 Å². The van der Waals surface area contributed by atoms with Crippen LogP contribution in [-0.4, -0.2) is 31.8 Å². The van der Waals surface area contributed by atoms with Crippen molar-refractivity contribution in [2.45, 2.75) is 4.90 Å². The third-order valence-electron chi connectivity index (χ3n) is 3.53. The fourth-order valence-electron chi connectivity index (χ4n) is 2.22. The van der Waals surface area contributed by atoms with Gasteiger partial charge in [0.05, 0.1) is 10.6 Å². The number of hydrogen-bond acceptors (Lipinski definition) is 5. The normalized spacial score (nSPS) is 11.3. The molecule has 0 spiro atoms. The molecule has 1 N–H and O–H groups in total. The number of ether oxygens (including phenoxy) is 1. The minimum Gasteiger partial charge on any atom is -0.475 e. The van der Waals surface area contributed by atoms with Crippen molar-refractivity contribution in [3.8, 4) is 17.1 Å². The van der Waals surface area contributed by atoms with Crippen LogP contribution in [0.1, 0.15) is 0 Å². The molecule has 6 nitrogen and oxygen atoms in total. The van der Waals surface area contributed by atoms with Gasteiger partial charge in [0.15, 0.2) is 0 Å². The van der Waals surface area contributed by atoms with Gasteiger partial charge >= 0.3 is 0 Å². The number of aromatic nitrogens is 2. The second-order valence-corrected chi connectivity index (χ2v) is 7.23. The van der Waals surface area contributed by atoms with Crippen LogP contribution in [0, 0.1) is 11.6 Å². The van der Waals surface area contributed by atoms with E-state index in [0.29, 0.717) is 11.3 Å². The Labute approximate surface area is 154 Å². The predicted molar refractivity (Wildman–Crippen MR) is 94.5 cm³/mol. The second-order valence-electron chi connectivity index (χ2n) is 5.47. The molecule has 9 heteroatoms. The fraction of sp³-hybridized carbons (Fsp3) is 0.111. The zero-order valence-corrected chi connectivity index (χ0v) is 14.8. The fourth-order valence-corrected chi connectivity index (χ4v) is 3.26. The molecule has 0 atom stereocenters. The van der Waals surface area contributed by atoms with E-state index in [-0.39, 0.29) is 29.7 Å². The summed E-state index contributed by atoms with van der Waals surface area (Å²) in [6, 6.07) is 13.8. The van der Waals surface area contributed by atoms with E-state index < -0.39 is 15.8 Å². The van der Waals surface area contributed by atoms with Crippen molar-refractivity contribution in [2.24, 2.45) is 0 Å². The van der Waals surface area contributed by atoms with E-state index >= 15 is 0 Å². The van der Waals surface area contributed by atoms with E-state index in [1.54, 1.807) is 24.3 Å². The Hall–Kier alpha value is -2.91. The Morgan fingerprint density at radius 2 is 1.70 bits per heavy atom. The van der Waals surface area contributed by atoms with Gasteiger partial charge in [-0.1, -0.05) is 6.07 Å². The summed E-state index contributed by atoms with van der Waals surface area (Å²) >= 11 is 0. The lowest BCUT2D eigenvalue weighted by molar-refractivity contribution is 0.307. The van der Waals surface area contributed by atoms with Crippen LogP contribution in [0.25, 0.3) is 11.3 Å². The number of benzene rings is 2. The highest BCUT2D eigenvalue weighted by molar-refractivity contribution is 7.89. The molecule has 0 fully saturated rings. The molecule has 0 saturated carbocycles. The Balaban J connectivity index is 1.52. The van der Waals surface area contributed by atoms with E-state index in [0.717, 1.165) is 12.1 Å². The molecule has 2 aromatic carbocycles. The molecule has 0 bridgehead atoms. The van der Waals surface area contributed by atoms with Crippen LogP contribution in [0.5, 0.6) is 5.88 Å². The topological polar surface area (TPSA) is 81.2 Å². The van der Waals surface area contributed by atoms with E-state index in [1.165, 1.54) is 24.3 Å². The molecule has 0 aliphatic rings. The number of hydrogen-bond donors (Lipinski definition) is 1. The van der Waals surface area contributed by atoms with Gasteiger partial charge in [-0.05, 0) is 48.5 Å². The minimum absolute atomic E-state index is 0.0130. The van der Waals surface area contributed by atoms with Crippen molar-refractivity contribution < 1.29 is 21.9 Å². The first-order valence-corrected chi connectivity index (χ1v) is 9.40. The van der Waals surface area contributed by atoms with Crippen molar-refractivity contribution in [3.05, 3.63) is 72.3 Å². The summed E-state index contributed by atoms with van der Waals surface area (Å²) in [6.45, 7) is -0.0145. The first-order valence-electron chi connectivity index (χ1n) is 7.92. The van der Waals surface area contributed by atoms with Crippen LogP contribution in [0.15, 0.2) is 65.6 Å². The van der Waals surface area contributed by atoms with Gasteiger partial charge in [-0.3, -0.25) is 0 Å².